The molecule has 4 aromatic rings. The quantitative estimate of drug-likeness (QED) is 0.0951. The molecule has 6 rings (SSSR count). The first kappa shape index (κ1) is 46.2. The summed E-state index contributed by atoms with van der Waals surface area (Å²) in [5.41, 5.74) is 6.46. The van der Waals surface area contributed by atoms with Crippen LogP contribution in [0.3, 0.4) is 0 Å². The van der Waals surface area contributed by atoms with Gasteiger partial charge in [0.2, 0.25) is 5.91 Å². The highest BCUT2D eigenvalue weighted by Crippen LogP contribution is 2.45. The summed E-state index contributed by atoms with van der Waals surface area (Å²) in [5, 5.41) is 3.50. The SMILES string of the molecule is CCCCN(C(=O)C1CC(c2ccc(Br)c(C)c2)C1)C(C)c1ccccc1.CCCCNC(C)c1ccccc1.COC(=O)C1CC(c2ccc(Br)c(OC)c2)C1. The van der Waals surface area contributed by atoms with Crippen LogP contribution in [0.25, 0.3) is 0 Å². The molecule has 0 radical (unpaired) electrons. The van der Waals surface area contributed by atoms with Crippen molar-refractivity contribution < 1.29 is 19.1 Å². The normalized spacial score (nSPS) is 19.2. The van der Waals surface area contributed by atoms with Crippen molar-refractivity contribution in [2.24, 2.45) is 11.8 Å². The lowest BCUT2D eigenvalue weighted by Crippen LogP contribution is -2.43. The van der Waals surface area contributed by atoms with Crippen molar-refractivity contribution in [2.75, 3.05) is 27.3 Å². The number of rotatable bonds is 15. The summed E-state index contributed by atoms with van der Waals surface area (Å²) in [4.78, 5) is 26.7. The van der Waals surface area contributed by atoms with Crippen molar-refractivity contribution >= 4 is 43.7 Å². The molecule has 1 amide bonds. The molecular formula is C49H64Br2N2O4. The van der Waals surface area contributed by atoms with Crippen LogP contribution in [0.2, 0.25) is 0 Å². The van der Waals surface area contributed by atoms with Gasteiger partial charge in [0.15, 0.2) is 0 Å². The number of esters is 1. The molecular weight excluding hydrogens is 840 g/mol. The fraction of sp³-hybridized carbons (Fsp3) is 0.469. The Labute approximate surface area is 359 Å². The second-order valence-electron chi connectivity index (χ2n) is 15.6. The molecule has 2 saturated carbocycles. The van der Waals surface area contributed by atoms with E-state index >= 15 is 0 Å². The van der Waals surface area contributed by atoms with E-state index in [0.29, 0.717) is 23.8 Å². The second-order valence-corrected chi connectivity index (χ2v) is 17.3. The van der Waals surface area contributed by atoms with E-state index in [4.69, 9.17) is 9.47 Å². The van der Waals surface area contributed by atoms with Crippen molar-refractivity contribution in [3.8, 4) is 5.75 Å². The van der Waals surface area contributed by atoms with Crippen molar-refractivity contribution in [2.45, 2.75) is 110 Å². The summed E-state index contributed by atoms with van der Waals surface area (Å²) in [7, 11) is 3.10. The van der Waals surface area contributed by atoms with Crippen LogP contribution in [0.15, 0.2) is 106 Å². The van der Waals surface area contributed by atoms with Gasteiger partial charge in [-0.25, -0.2) is 0 Å². The predicted molar refractivity (Wildman–Crippen MR) is 242 cm³/mol. The standard InChI is InChI=1S/C24H30BrNO.C13H15BrO3.C12H19N/c1-4-5-13-26(18(3)19-9-7-6-8-10-19)24(27)22-15-21(16-22)20-11-12-23(25)17(2)14-20;1-16-12-7-8(3-4-11(12)14)9-5-10(6-9)13(15)17-2;1-3-4-10-13-11(2)12-8-6-5-7-9-12/h6-12,14,18,21-22H,4-5,13,15-16H2,1-3H3;3-4,7,9-10H,5-6H2,1-2H3;5-9,11,13H,3-4,10H2,1-2H3. The van der Waals surface area contributed by atoms with E-state index in [1.54, 1.807) is 7.11 Å². The van der Waals surface area contributed by atoms with Gasteiger partial charge in [-0.05, 0) is 140 Å². The fourth-order valence-corrected chi connectivity index (χ4v) is 8.17. The molecule has 308 valence electrons. The fourth-order valence-electron chi connectivity index (χ4n) is 7.52. The number of nitrogens with zero attached hydrogens (tertiary/aromatic N) is 1. The van der Waals surface area contributed by atoms with Gasteiger partial charge in [-0.1, -0.05) is 121 Å². The van der Waals surface area contributed by atoms with Gasteiger partial charge in [0.05, 0.1) is 30.7 Å². The number of ether oxygens (including phenoxy) is 2. The minimum absolute atomic E-state index is 0.0691. The Morgan fingerprint density at radius 2 is 1.28 bits per heavy atom. The van der Waals surface area contributed by atoms with E-state index < -0.39 is 0 Å². The Kier molecular flexibility index (Phi) is 19.3. The molecule has 0 heterocycles. The van der Waals surface area contributed by atoms with Gasteiger partial charge in [-0.2, -0.15) is 0 Å². The van der Waals surface area contributed by atoms with Crippen LogP contribution in [0.1, 0.15) is 131 Å². The summed E-state index contributed by atoms with van der Waals surface area (Å²) < 4.78 is 12.1. The molecule has 0 aromatic heterocycles. The van der Waals surface area contributed by atoms with Gasteiger partial charge in [-0.15, -0.1) is 0 Å². The number of hydrogen-bond donors (Lipinski definition) is 1. The van der Waals surface area contributed by atoms with Gasteiger partial charge in [0.25, 0.3) is 0 Å². The molecule has 57 heavy (non-hydrogen) atoms. The van der Waals surface area contributed by atoms with E-state index in [0.717, 1.165) is 66.3 Å². The van der Waals surface area contributed by atoms with Crippen LogP contribution < -0.4 is 10.1 Å². The maximum Gasteiger partial charge on any atom is 0.308 e. The molecule has 8 heteroatoms. The summed E-state index contributed by atoms with van der Waals surface area (Å²) >= 11 is 7.00. The maximum absolute atomic E-state index is 13.3. The summed E-state index contributed by atoms with van der Waals surface area (Å²) in [5.74, 6) is 2.28. The monoisotopic (exact) mass is 902 g/mol. The average Bonchev–Trinajstić information content (AvgIpc) is 3.20. The Hall–Kier alpha value is -3.46. The van der Waals surface area contributed by atoms with Gasteiger partial charge in [-0.3, -0.25) is 9.59 Å². The van der Waals surface area contributed by atoms with Crippen LogP contribution in [0, 0.1) is 18.8 Å². The molecule has 0 aliphatic heterocycles. The highest BCUT2D eigenvalue weighted by atomic mass is 79.9. The Morgan fingerprint density at radius 3 is 1.82 bits per heavy atom. The average molecular weight is 905 g/mol. The molecule has 6 nitrogen and oxygen atoms in total. The molecule has 2 aliphatic carbocycles. The first-order chi connectivity index (χ1) is 27.5. The first-order valence-corrected chi connectivity index (χ1v) is 22.4. The lowest BCUT2D eigenvalue weighted by atomic mass is 9.70. The van der Waals surface area contributed by atoms with Gasteiger partial charge < -0.3 is 19.7 Å². The third kappa shape index (κ3) is 13.5. The van der Waals surface area contributed by atoms with Crippen LogP contribution in [0.5, 0.6) is 5.75 Å². The number of aryl methyl sites for hydroxylation is 1. The number of hydrogen-bond acceptors (Lipinski definition) is 5. The molecule has 4 aromatic carbocycles. The molecule has 0 saturated heterocycles. The minimum atomic E-state index is -0.0923. The molecule has 1 N–H and O–H groups in total. The Balaban J connectivity index is 0.000000205. The summed E-state index contributed by atoms with van der Waals surface area (Å²) in [6, 6.07) is 34.3. The summed E-state index contributed by atoms with van der Waals surface area (Å²) in [6.45, 7) is 12.9. The van der Waals surface area contributed by atoms with Crippen LogP contribution in [-0.4, -0.2) is 44.1 Å². The molecule has 0 bridgehead atoms. The molecule has 0 spiro atoms. The van der Waals surface area contributed by atoms with Crippen molar-refractivity contribution in [1.82, 2.24) is 10.2 Å². The smallest absolute Gasteiger partial charge is 0.308 e. The lowest BCUT2D eigenvalue weighted by molar-refractivity contribution is -0.149. The van der Waals surface area contributed by atoms with E-state index in [1.165, 1.54) is 47.8 Å². The number of carbonyl (C=O) groups excluding carboxylic acids is 2. The zero-order valence-corrected chi connectivity index (χ0v) is 38.3. The third-order valence-corrected chi connectivity index (χ3v) is 13.1. The molecule has 2 atom stereocenters. The number of methoxy groups -OCH3 is 2. The van der Waals surface area contributed by atoms with Crippen molar-refractivity contribution in [3.63, 3.8) is 0 Å². The largest absolute Gasteiger partial charge is 0.496 e. The van der Waals surface area contributed by atoms with Gasteiger partial charge in [0.1, 0.15) is 5.75 Å². The van der Waals surface area contributed by atoms with Gasteiger partial charge >= 0.3 is 5.97 Å². The van der Waals surface area contributed by atoms with Crippen LogP contribution in [0.4, 0.5) is 0 Å². The van der Waals surface area contributed by atoms with Crippen LogP contribution in [-0.2, 0) is 14.3 Å². The van der Waals surface area contributed by atoms with Crippen molar-refractivity contribution in [3.05, 3.63) is 134 Å². The Morgan fingerprint density at radius 1 is 0.737 bits per heavy atom. The lowest BCUT2D eigenvalue weighted by Gasteiger charge is -2.40. The van der Waals surface area contributed by atoms with Gasteiger partial charge in [0, 0.05) is 23.0 Å². The number of amides is 1. The predicted octanol–water partition coefficient (Wildman–Crippen LogP) is 12.9. The number of unbranched alkanes of at least 4 members (excludes halogenated alkanes) is 2. The maximum atomic E-state index is 13.3. The van der Waals surface area contributed by atoms with E-state index in [1.807, 2.05) is 18.2 Å². The first-order valence-electron chi connectivity index (χ1n) is 20.8. The number of halogens is 2. The number of nitrogens with one attached hydrogen (secondary N) is 1. The topological polar surface area (TPSA) is 67.9 Å². The number of carbonyl (C=O) groups is 2. The third-order valence-electron chi connectivity index (χ3n) is 11.5. The number of benzene rings is 4. The molecule has 2 fully saturated rings. The highest BCUT2D eigenvalue weighted by molar-refractivity contribution is 9.10. The highest BCUT2D eigenvalue weighted by Gasteiger charge is 2.39. The van der Waals surface area contributed by atoms with E-state index in [9.17, 15) is 9.59 Å². The second kappa shape index (κ2) is 23.8. The molecule has 2 aliphatic rings. The zero-order chi connectivity index (χ0) is 41.3. The molecule has 2 unspecified atom stereocenters. The summed E-state index contributed by atoms with van der Waals surface area (Å²) in [6.07, 6.45) is 8.39. The zero-order valence-electron chi connectivity index (χ0n) is 35.1. The van der Waals surface area contributed by atoms with Crippen LogP contribution >= 0.6 is 31.9 Å². The minimum Gasteiger partial charge on any atom is -0.496 e. The van der Waals surface area contributed by atoms with E-state index in [2.05, 4.69) is 156 Å². The Bertz CT molecular complexity index is 1810. The van der Waals surface area contributed by atoms with E-state index in [-0.39, 0.29) is 23.8 Å². The van der Waals surface area contributed by atoms with Crippen molar-refractivity contribution in [1.29, 1.82) is 0 Å².